The lowest BCUT2D eigenvalue weighted by atomic mass is 9.98. The van der Waals surface area contributed by atoms with Gasteiger partial charge in [-0.15, -0.1) is 0 Å². The number of rotatable bonds is 3. The summed E-state index contributed by atoms with van der Waals surface area (Å²) in [5.74, 6) is 0.0631. The molecule has 0 aliphatic carbocycles. The molecule has 1 aliphatic rings. The van der Waals surface area contributed by atoms with Gasteiger partial charge in [-0.05, 0) is 45.4 Å². The molecule has 4 nitrogen and oxygen atoms in total. The van der Waals surface area contributed by atoms with Crippen LogP contribution in [0.1, 0.15) is 38.4 Å². The smallest absolute Gasteiger partial charge is 0.240 e. The van der Waals surface area contributed by atoms with Gasteiger partial charge in [-0.2, -0.15) is 0 Å². The molecule has 0 bridgehead atoms. The summed E-state index contributed by atoms with van der Waals surface area (Å²) in [4.78, 5) is 16.4. The summed E-state index contributed by atoms with van der Waals surface area (Å²) in [7, 11) is 0. The Morgan fingerprint density at radius 2 is 2.41 bits per heavy atom. The normalized spacial score (nSPS) is 25.5. The fraction of sp³-hybridized carbons (Fsp3) is 0.538. The Bertz CT molecular complexity index is 385. The van der Waals surface area contributed by atoms with E-state index < -0.39 is 5.54 Å². The maximum absolute atomic E-state index is 12.1. The van der Waals surface area contributed by atoms with E-state index >= 15 is 0 Å². The van der Waals surface area contributed by atoms with E-state index in [1.807, 2.05) is 32.0 Å². The predicted octanol–water partition coefficient (Wildman–Crippen LogP) is 1.40. The first kappa shape index (κ1) is 12.0. The van der Waals surface area contributed by atoms with Gasteiger partial charge in [0.2, 0.25) is 5.91 Å². The van der Waals surface area contributed by atoms with E-state index in [0.29, 0.717) is 0 Å². The molecule has 1 aromatic rings. The highest BCUT2D eigenvalue weighted by Crippen LogP contribution is 2.20. The average Bonchev–Trinajstić information content (AvgIpc) is 2.78. The van der Waals surface area contributed by atoms with Gasteiger partial charge in [-0.3, -0.25) is 9.78 Å². The lowest BCUT2D eigenvalue weighted by Gasteiger charge is -2.25. The van der Waals surface area contributed by atoms with Gasteiger partial charge in [0.1, 0.15) is 0 Å². The summed E-state index contributed by atoms with van der Waals surface area (Å²) < 4.78 is 0. The van der Waals surface area contributed by atoms with Crippen molar-refractivity contribution in [2.24, 2.45) is 0 Å². The molecule has 0 radical (unpaired) electrons. The van der Waals surface area contributed by atoms with Crippen LogP contribution in [0, 0.1) is 0 Å². The van der Waals surface area contributed by atoms with E-state index in [0.717, 1.165) is 25.1 Å². The molecule has 1 aliphatic heterocycles. The quantitative estimate of drug-likeness (QED) is 0.829. The summed E-state index contributed by atoms with van der Waals surface area (Å²) in [6, 6.07) is 5.68. The van der Waals surface area contributed by atoms with Crippen LogP contribution < -0.4 is 10.6 Å². The average molecular weight is 233 g/mol. The molecule has 1 aromatic heterocycles. The summed E-state index contributed by atoms with van der Waals surface area (Å²) >= 11 is 0. The van der Waals surface area contributed by atoms with E-state index in [1.54, 1.807) is 6.20 Å². The van der Waals surface area contributed by atoms with Crippen LogP contribution in [0.4, 0.5) is 0 Å². The van der Waals surface area contributed by atoms with Crippen molar-refractivity contribution in [2.45, 2.75) is 38.3 Å². The summed E-state index contributed by atoms with van der Waals surface area (Å²) in [5, 5.41) is 6.27. The molecular weight excluding hydrogens is 214 g/mol. The fourth-order valence-electron chi connectivity index (χ4n) is 2.15. The Balaban J connectivity index is 1.99. The minimum atomic E-state index is -0.414. The molecule has 1 amide bonds. The molecule has 2 atom stereocenters. The van der Waals surface area contributed by atoms with Crippen LogP contribution in [-0.4, -0.2) is 23.0 Å². The van der Waals surface area contributed by atoms with Crippen molar-refractivity contribution in [3.05, 3.63) is 30.1 Å². The van der Waals surface area contributed by atoms with Gasteiger partial charge in [0.05, 0.1) is 17.3 Å². The molecule has 17 heavy (non-hydrogen) atoms. The molecule has 1 fully saturated rings. The van der Waals surface area contributed by atoms with Gasteiger partial charge in [-0.25, -0.2) is 0 Å². The molecule has 2 rings (SSSR count). The maximum Gasteiger partial charge on any atom is 0.240 e. The third-order valence-corrected chi connectivity index (χ3v) is 3.35. The summed E-state index contributed by atoms with van der Waals surface area (Å²) in [5.41, 5.74) is 0.478. The fourth-order valence-corrected chi connectivity index (χ4v) is 2.15. The minimum Gasteiger partial charge on any atom is -0.346 e. The molecule has 0 spiro atoms. The minimum absolute atomic E-state index is 0.0528. The maximum atomic E-state index is 12.1. The highest BCUT2D eigenvalue weighted by atomic mass is 16.2. The number of amides is 1. The van der Waals surface area contributed by atoms with E-state index in [9.17, 15) is 4.79 Å². The van der Waals surface area contributed by atoms with Gasteiger partial charge in [0.15, 0.2) is 0 Å². The van der Waals surface area contributed by atoms with Gasteiger partial charge in [0, 0.05) is 6.20 Å². The van der Waals surface area contributed by atoms with Crippen LogP contribution in [0.2, 0.25) is 0 Å². The van der Waals surface area contributed by atoms with Crippen LogP contribution >= 0.6 is 0 Å². The van der Waals surface area contributed by atoms with Crippen molar-refractivity contribution in [2.75, 3.05) is 6.54 Å². The lowest BCUT2D eigenvalue weighted by Crippen LogP contribution is -2.51. The molecule has 92 valence electrons. The first-order valence-corrected chi connectivity index (χ1v) is 6.09. The third-order valence-electron chi connectivity index (χ3n) is 3.35. The first-order chi connectivity index (χ1) is 8.12. The van der Waals surface area contributed by atoms with Crippen LogP contribution in [0.25, 0.3) is 0 Å². The Morgan fingerprint density at radius 3 is 3.00 bits per heavy atom. The SMILES string of the molecule is C[C@@H](NC(=O)C1(C)CCCN1)c1ccccn1. The molecule has 1 saturated heterocycles. The first-order valence-electron chi connectivity index (χ1n) is 6.09. The van der Waals surface area contributed by atoms with Crippen LogP contribution in [-0.2, 0) is 4.79 Å². The Labute approximate surface area is 102 Å². The Kier molecular flexibility index (Phi) is 3.43. The predicted molar refractivity (Wildman–Crippen MR) is 66.4 cm³/mol. The molecule has 0 aromatic carbocycles. The van der Waals surface area contributed by atoms with Gasteiger partial charge in [-0.1, -0.05) is 6.07 Å². The van der Waals surface area contributed by atoms with Crippen molar-refractivity contribution >= 4 is 5.91 Å². The molecule has 0 saturated carbocycles. The standard InChI is InChI=1S/C13H19N3O/c1-10(11-6-3-4-8-14-11)16-12(17)13(2)7-5-9-15-13/h3-4,6,8,10,15H,5,7,9H2,1-2H3,(H,16,17)/t10-,13?/m1/s1. The Hall–Kier alpha value is -1.42. The monoisotopic (exact) mass is 233 g/mol. The zero-order chi connectivity index (χ0) is 12.3. The van der Waals surface area contributed by atoms with E-state index in [1.165, 1.54) is 0 Å². The van der Waals surface area contributed by atoms with Crippen LogP contribution in [0.3, 0.4) is 0 Å². The molecule has 4 heteroatoms. The second-order valence-electron chi connectivity index (χ2n) is 4.81. The van der Waals surface area contributed by atoms with Crippen LogP contribution in [0.15, 0.2) is 24.4 Å². The molecule has 2 N–H and O–H groups in total. The number of carbonyl (C=O) groups excluding carboxylic acids is 1. The number of hydrogen-bond acceptors (Lipinski definition) is 3. The van der Waals surface area contributed by atoms with Crippen molar-refractivity contribution in [3.63, 3.8) is 0 Å². The van der Waals surface area contributed by atoms with E-state index in [4.69, 9.17) is 0 Å². The second-order valence-corrected chi connectivity index (χ2v) is 4.81. The summed E-state index contributed by atoms with van der Waals surface area (Å²) in [6.07, 6.45) is 3.70. The number of aromatic nitrogens is 1. The second kappa shape index (κ2) is 4.84. The Morgan fingerprint density at radius 1 is 1.59 bits per heavy atom. The molecular formula is C13H19N3O. The number of hydrogen-bond donors (Lipinski definition) is 2. The van der Waals surface area contributed by atoms with Gasteiger partial charge >= 0.3 is 0 Å². The summed E-state index contributed by atoms with van der Waals surface area (Å²) in [6.45, 7) is 4.83. The zero-order valence-corrected chi connectivity index (χ0v) is 10.4. The zero-order valence-electron chi connectivity index (χ0n) is 10.4. The van der Waals surface area contributed by atoms with Gasteiger partial charge in [0.25, 0.3) is 0 Å². The van der Waals surface area contributed by atoms with Crippen LogP contribution in [0.5, 0.6) is 0 Å². The highest BCUT2D eigenvalue weighted by Gasteiger charge is 2.36. The number of nitrogens with one attached hydrogen (secondary N) is 2. The highest BCUT2D eigenvalue weighted by molar-refractivity contribution is 5.86. The largest absolute Gasteiger partial charge is 0.346 e. The molecule has 1 unspecified atom stereocenters. The third kappa shape index (κ3) is 2.64. The number of pyridine rings is 1. The van der Waals surface area contributed by atoms with E-state index in [-0.39, 0.29) is 11.9 Å². The number of nitrogens with zero attached hydrogens (tertiary/aromatic N) is 1. The van der Waals surface area contributed by atoms with Crippen molar-refractivity contribution < 1.29 is 4.79 Å². The topological polar surface area (TPSA) is 54.0 Å². The van der Waals surface area contributed by atoms with E-state index in [2.05, 4.69) is 15.6 Å². The van der Waals surface area contributed by atoms with Crippen molar-refractivity contribution in [1.29, 1.82) is 0 Å². The number of carbonyl (C=O) groups is 1. The van der Waals surface area contributed by atoms with Crippen molar-refractivity contribution in [3.8, 4) is 0 Å². The lowest BCUT2D eigenvalue weighted by molar-refractivity contribution is -0.127. The van der Waals surface area contributed by atoms with Gasteiger partial charge < -0.3 is 10.6 Å². The molecule has 2 heterocycles. The van der Waals surface area contributed by atoms with Crippen molar-refractivity contribution in [1.82, 2.24) is 15.6 Å².